The number of rotatable bonds is 4. The zero-order chi connectivity index (χ0) is 20.4. The van der Waals surface area contributed by atoms with Crippen molar-refractivity contribution in [1.29, 1.82) is 0 Å². The van der Waals surface area contributed by atoms with Crippen LogP contribution in [0, 0.1) is 10.1 Å². The number of aliphatic imine (C=N–C) groups is 1. The minimum Gasteiger partial charge on any atom is -0.356 e. The first kappa shape index (κ1) is 18.8. The number of anilines is 2. The van der Waals surface area contributed by atoms with Gasteiger partial charge in [0.2, 0.25) is 0 Å². The largest absolute Gasteiger partial charge is 0.356 e. The number of halogens is 1. The summed E-state index contributed by atoms with van der Waals surface area (Å²) in [4.78, 5) is 27.9. The van der Waals surface area contributed by atoms with E-state index in [1.165, 1.54) is 12.1 Å². The summed E-state index contributed by atoms with van der Waals surface area (Å²) < 4.78 is 0.871. The van der Waals surface area contributed by atoms with Crippen LogP contribution in [0.2, 0.25) is 0 Å². The Morgan fingerprint density at radius 3 is 2.45 bits per heavy atom. The van der Waals surface area contributed by atoms with Gasteiger partial charge in [-0.1, -0.05) is 46.3 Å². The number of nitrogens with zero attached hydrogens (tertiary/aromatic N) is 2. The summed E-state index contributed by atoms with van der Waals surface area (Å²) in [5.74, 6) is -0.321. The van der Waals surface area contributed by atoms with Crippen molar-refractivity contribution >= 4 is 44.6 Å². The van der Waals surface area contributed by atoms with Crippen molar-refractivity contribution < 1.29 is 9.72 Å². The fraction of sp³-hybridized carbons (Fsp3) is 0.0476. The summed E-state index contributed by atoms with van der Waals surface area (Å²) in [5.41, 5.74) is 3.53. The lowest BCUT2D eigenvalue weighted by Gasteiger charge is -2.14. The first-order chi connectivity index (χ1) is 14.0. The molecule has 4 rings (SSSR count). The minimum absolute atomic E-state index is 0.0217. The second kappa shape index (κ2) is 7.84. The number of benzodiazepines with no additional fused rings is 1. The van der Waals surface area contributed by atoms with Crippen molar-refractivity contribution in [2.75, 3.05) is 10.6 Å². The third kappa shape index (κ3) is 4.02. The maximum absolute atomic E-state index is 12.8. The van der Waals surface area contributed by atoms with Gasteiger partial charge < -0.3 is 10.6 Å². The van der Waals surface area contributed by atoms with Crippen LogP contribution < -0.4 is 10.6 Å². The molecular weight excluding hydrogens is 436 g/mol. The molecule has 0 bridgehead atoms. The van der Waals surface area contributed by atoms with Crippen LogP contribution in [0.3, 0.4) is 0 Å². The van der Waals surface area contributed by atoms with Crippen molar-refractivity contribution in [3.63, 3.8) is 0 Å². The molecule has 0 aliphatic carbocycles. The van der Waals surface area contributed by atoms with E-state index < -0.39 is 11.1 Å². The lowest BCUT2D eigenvalue weighted by Crippen LogP contribution is -2.32. The molecule has 1 aliphatic heterocycles. The van der Waals surface area contributed by atoms with Crippen molar-refractivity contribution in [3.05, 3.63) is 98.5 Å². The molecule has 0 radical (unpaired) electrons. The predicted molar refractivity (Wildman–Crippen MR) is 115 cm³/mol. The Hall–Kier alpha value is -3.52. The van der Waals surface area contributed by atoms with Crippen molar-refractivity contribution in [1.82, 2.24) is 0 Å². The van der Waals surface area contributed by atoms with Gasteiger partial charge in [-0.3, -0.25) is 14.9 Å². The number of non-ortho nitro benzene ring substituents is 1. The summed E-state index contributed by atoms with van der Waals surface area (Å²) >= 11 is 3.48. The normalized spacial score (nSPS) is 15.6. The molecule has 0 saturated carbocycles. The standard InChI is InChI=1S/C21H15BrN4O3/c22-14-6-11-18-17(12-14)19(13-4-2-1-3-5-13)25-20(21(27)24-18)23-15-7-9-16(10-8-15)26(28)29/h1-12,20,23H,(H,24,27). The zero-order valence-electron chi connectivity index (χ0n) is 15.0. The van der Waals surface area contributed by atoms with E-state index in [1.807, 2.05) is 48.5 Å². The smallest absolute Gasteiger partial charge is 0.269 e. The fourth-order valence-electron chi connectivity index (χ4n) is 3.04. The molecule has 0 saturated heterocycles. The van der Waals surface area contributed by atoms with Crippen LogP contribution in [-0.4, -0.2) is 22.7 Å². The first-order valence-corrected chi connectivity index (χ1v) is 9.55. The van der Waals surface area contributed by atoms with Crippen LogP contribution in [0.15, 0.2) is 82.3 Å². The zero-order valence-corrected chi connectivity index (χ0v) is 16.6. The van der Waals surface area contributed by atoms with Gasteiger partial charge in [0, 0.05) is 33.4 Å². The van der Waals surface area contributed by atoms with Crippen molar-refractivity contribution in [3.8, 4) is 0 Å². The molecule has 1 atom stereocenters. The van der Waals surface area contributed by atoms with E-state index in [2.05, 4.69) is 26.6 Å². The lowest BCUT2D eigenvalue weighted by atomic mass is 10.0. The number of nitro groups is 1. The Morgan fingerprint density at radius 2 is 1.76 bits per heavy atom. The number of nitro benzene ring substituents is 1. The van der Waals surface area contributed by atoms with Gasteiger partial charge in [0.25, 0.3) is 11.6 Å². The van der Waals surface area contributed by atoms with Crippen LogP contribution in [0.4, 0.5) is 17.1 Å². The summed E-state index contributed by atoms with van der Waals surface area (Å²) in [7, 11) is 0. The Kier molecular flexibility index (Phi) is 5.09. The van der Waals surface area contributed by atoms with Gasteiger partial charge >= 0.3 is 0 Å². The molecule has 0 spiro atoms. The highest BCUT2D eigenvalue weighted by Crippen LogP contribution is 2.28. The summed E-state index contributed by atoms with van der Waals surface area (Å²) in [6.07, 6.45) is -0.905. The number of hydrogen-bond donors (Lipinski definition) is 2. The summed E-state index contributed by atoms with van der Waals surface area (Å²) in [5, 5.41) is 16.8. The monoisotopic (exact) mass is 450 g/mol. The highest BCUT2D eigenvalue weighted by atomic mass is 79.9. The molecule has 0 fully saturated rings. The number of carbonyl (C=O) groups excluding carboxylic acids is 1. The van der Waals surface area contributed by atoms with E-state index in [4.69, 9.17) is 4.99 Å². The maximum atomic E-state index is 12.8. The molecule has 3 aromatic carbocycles. The molecule has 3 aromatic rings. The molecule has 1 heterocycles. The lowest BCUT2D eigenvalue weighted by molar-refractivity contribution is -0.384. The average Bonchev–Trinajstić information content (AvgIpc) is 2.86. The van der Waals surface area contributed by atoms with Crippen LogP contribution in [0.1, 0.15) is 11.1 Å². The third-order valence-corrected chi connectivity index (χ3v) is 4.92. The van der Waals surface area contributed by atoms with Crippen molar-refractivity contribution in [2.24, 2.45) is 4.99 Å². The number of amides is 1. The molecule has 1 amide bonds. The Labute approximate surface area is 174 Å². The van der Waals surface area contributed by atoms with E-state index in [0.717, 1.165) is 15.6 Å². The van der Waals surface area contributed by atoms with Gasteiger partial charge in [-0.2, -0.15) is 0 Å². The van der Waals surface area contributed by atoms with Crippen LogP contribution >= 0.6 is 15.9 Å². The van der Waals surface area contributed by atoms with Gasteiger partial charge in [-0.15, -0.1) is 0 Å². The first-order valence-electron chi connectivity index (χ1n) is 8.76. The number of nitrogens with one attached hydrogen (secondary N) is 2. The molecule has 144 valence electrons. The highest BCUT2D eigenvalue weighted by molar-refractivity contribution is 9.10. The highest BCUT2D eigenvalue weighted by Gasteiger charge is 2.26. The number of benzene rings is 3. The molecule has 2 N–H and O–H groups in total. The quantitative estimate of drug-likeness (QED) is 0.448. The second-order valence-electron chi connectivity index (χ2n) is 6.37. The SMILES string of the molecule is O=C1Nc2ccc(Br)cc2C(c2ccccc2)=NC1Nc1ccc([N+](=O)[O-])cc1. The third-order valence-electron chi connectivity index (χ3n) is 4.43. The van der Waals surface area contributed by atoms with Crippen LogP contribution in [0.25, 0.3) is 0 Å². The Balaban J connectivity index is 1.75. The van der Waals surface area contributed by atoms with Gasteiger partial charge in [-0.05, 0) is 30.3 Å². The average molecular weight is 451 g/mol. The van der Waals surface area contributed by atoms with Crippen LogP contribution in [0.5, 0.6) is 0 Å². The molecule has 29 heavy (non-hydrogen) atoms. The fourth-order valence-corrected chi connectivity index (χ4v) is 3.40. The van der Waals surface area contributed by atoms with Gasteiger partial charge in [-0.25, -0.2) is 4.99 Å². The Bertz CT molecular complexity index is 1110. The Morgan fingerprint density at radius 1 is 1.03 bits per heavy atom. The molecule has 1 unspecified atom stereocenters. The molecular formula is C21H15BrN4O3. The number of carbonyl (C=O) groups is 1. The van der Waals surface area contributed by atoms with Gasteiger partial charge in [0.05, 0.1) is 16.3 Å². The second-order valence-corrected chi connectivity index (χ2v) is 7.29. The summed E-state index contributed by atoms with van der Waals surface area (Å²) in [6.45, 7) is 0. The van der Waals surface area contributed by atoms with Crippen molar-refractivity contribution in [2.45, 2.75) is 6.17 Å². The number of fused-ring (bicyclic) bond motifs is 1. The van der Waals surface area contributed by atoms with E-state index in [0.29, 0.717) is 17.1 Å². The predicted octanol–water partition coefficient (Wildman–Crippen LogP) is 4.59. The molecule has 0 aromatic heterocycles. The van der Waals surface area contributed by atoms with Gasteiger partial charge in [0.1, 0.15) is 0 Å². The summed E-state index contributed by atoms with van der Waals surface area (Å²) in [6, 6.07) is 21.1. The van der Waals surface area contributed by atoms with Crippen LogP contribution in [-0.2, 0) is 4.79 Å². The minimum atomic E-state index is -0.905. The number of hydrogen-bond acceptors (Lipinski definition) is 5. The van der Waals surface area contributed by atoms with E-state index >= 15 is 0 Å². The van der Waals surface area contributed by atoms with E-state index in [-0.39, 0.29) is 11.6 Å². The maximum Gasteiger partial charge on any atom is 0.269 e. The molecule has 8 heteroatoms. The molecule has 7 nitrogen and oxygen atoms in total. The van der Waals surface area contributed by atoms with E-state index in [1.54, 1.807) is 12.1 Å². The molecule has 1 aliphatic rings. The topological polar surface area (TPSA) is 96.6 Å². The van der Waals surface area contributed by atoms with Gasteiger partial charge in [0.15, 0.2) is 6.17 Å². The van der Waals surface area contributed by atoms with E-state index in [9.17, 15) is 14.9 Å².